The third-order valence-electron chi connectivity index (χ3n) is 3.12. The van der Waals surface area contributed by atoms with Gasteiger partial charge in [-0.15, -0.1) is 0 Å². The number of hydrogen-bond acceptors (Lipinski definition) is 3. The normalized spacial score (nSPS) is 12.4. The van der Waals surface area contributed by atoms with E-state index in [0.29, 0.717) is 6.61 Å². The topological polar surface area (TPSA) is 53.1 Å². The predicted molar refractivity (Wildman–Crippen MR) is 75.9 cm³/mol. The molecular formula is C15H20FN3O. The van der Waals surface area contributed by atoms with Gasteiger partial charge in [0.05, 0.1) is 18.2 Å². The number of aromatic nitrogens is 2. The summed E-state index contributed by atoms with van der Waals surface area (Å²) in [6.07, 6.45) is 4.52. The van der Waals surface area contributed by atoms with Crippen LogP contribution in [0.2, 0.25) is 0 Å². The van der Waals surface area contributed by atoms with Crippen LogP contribution in [0.1, 0.15) is 37.6 Å². The maximum atomic E-state index is 13.9. The van der Waals surface area contributed by atoms with Crippen molar-refractivity contribution in [2.45, 2.75) is 39.5 Å². The molecule has 0 aliphatic heterocycles. The second-order valence-electron chi connectivity index (χ2n) is 4.85. The van der Waals surface area contributed by atoms with E-state index in [-0.39, 0.29) is 17.6 Å². The van der Waals surface area contributed by atoms with E-state index in [1.165, 1.54) is 6.07 Å². The summed E-state index contributed by atoms with van der Waals surface area (Å²) in [4.78, 5) is 4.09. The number of imidazole rings is 1. The van der Waals surface area contributed by atoms with E-state index in [2.05, 4.69) is 11.9 Å². The first-order chi connectivity index (χ1) is 9.61. The molecule has 0 aliphatic carbocycles. The van der Waals surface area contributed by atoms with Crippen LogP contribution in [0.15, 0.2) is 30.7 Å². The molecule has 20 heavy (non-hydrogen) atoms. The quantitative estimate of drug-likeness (QED) is 0.883. The molecule has 2 aromatic rings. The fourth-order valence-electron chi connectivity index (χ4n) is 1.98. The summed E-state index contributed by atoms with van der Waals surface area (Å²) < 4.78 is 21.4. The third-order valence-corrected chi connectivity index (χ3v) is 3.12. The molecule has 2 rings (SSSR count). The molecule has 0 unspecified atom stereocenters. The first-order valence-corrected chi connectivity index (χ1v) is 6.78. The molecule has 0 spiro atoms. The second-order valence-corrected chi connectivity index (χ2v) is 4.85. The van der Waals surface area contributed by atoms with Gasteiger partial charge in [0.15, 0.2) is 11.6 Å². The summed E-state index contributed by atoms with van der Waals surface area (Å²) in [6.45, 7) is 5.09. The Labute approximate surface area is 118 Å². The van der Waals surface area contributed by atoms with Gasteiger partial charge < -0.3 is 15.0 Å². The van der Waals surface area contributed by atoms with Gasteiger partial charge in [-0.3, -0.25) is 0 Å². The molecule has 0 saturated carbocycles. The van der Waals surface area contributed by atoms with Crippen molar-refractivity contribution in [1.29, 1.82) is 0 Å². The Morgan fingerprint density at radius 1 is 1.45 bits per heavy atom. The number of nitrogens with two attached hydrogens (primary N) is 1. The van der Waals surface area contributed by atoms with Gasteiger partial charge in [0.1, 0.15) is 6.61 Å². The molecule has 4 nitrogen and oxygen atoms in total. The van der Waals surface area contributed by atoms with Crippen LogP contribution in [0, 0.1) is 5.82 Å². The van der Waals surface area contributed by atoms with Crippen molar-refractivity contribution in [1.82, 2.24) is 9.55 Å². The van der Waals surface area contributed by atoms with Crippen molar-refractivity contribution in [3.05, 3.63) is 47.8 Å². The molecule has 2 N–H and O–H groups in total. The van der Waals surface area contributed by atoms with Crippen molar-refractivity contribution in [3.8, 4) is 5.75 Å². The smallest absolute Gasteiger partial charge is 0.165 e. The minimum absolute atomic E-state index is 0.190. The highest BCUT2D eigenvalue weighted by Gasteiger charge is 2.09. The molecule has 108 valence electrons. The summed E-state index contributed by atoms with van der Waals surface area (Å²) in [5.74, 6) is -0.153. The number of halogens is 1. The van der Waals surface area contributed by atoms with E-state index in [1.807, 2.05) is 11.5 Å². The van der Waals surface area contributed by atoms with Crippen molar-refractivity contribution in [3.63, 3.8) is 0 Å². The number of ether oxygens (including phenoxy) is 1. The standard InChI is InChI=1S/C15H20FN3O/c1-3-6-19-10-18-8-13(19)9-20-15-5-4-12(11(2)17)7-14(15)16/h4-5,7-8,10-11H,3,6,9,17H2,1-2H3/t11-/m1/s1. The first-order valence-electron chi connectivity index (χ1n) is 6.78. The highest BCUT2D eigenvalue weighted by Crippen LogP contribution is 2.22. The summed E-state index contributed by atoms with van der Waals surface area (Å²) in [7, 11) is 0. The van der Waals surface area contributed by atoms with Crippen molar-refractivity contribution in [2.24, 2.45) is 5.73 Å². The summed E-state index contributed by atoms with van der Waals surface area (Å²) in [5.41, 5.74) is 7.41. The molecule has 0 aliphatic rings. The van der Waals surface area contributed by atoms with Gasteiger partial charge in [0, 0.05) is 12.6 Å². The Bertz CT molecular complexity index is 566. The average Bonchev–Trinajstić information content (AvgIpc) is 2.85. The Balaban J connectivity index is 2.05. The van der Waals surface area contributed by atoms with Gasteiger partial charge in [0.2, 0.25) is 0 Å². The van der Waals surface area contributed by atoms with Crippen molar-refractivity contribution in [2.75, 3.05) is 0 Å². The lowest BCUT2D eigenvalue weighted by atomic mass is 10.1. The molecular weight excluding hydrogens is 257 g/mol. The Hall–Kier alpha value is -1.88. The van der Waals surface area contributed by atoms with Crippen LogP contribution in [0.3, 0.4) is 0 Å². The molecule has 1 aromatic heterocycles. The van der Waals surface area contributed by atoms with Gasteiger partial charge in [-0.25, -0.2) is 9.37 Å². The molecule has 1 heterocycles. The van der Waals surface area contributed by atoms with Gasteiger partial charge in [0.25, 0.3) is 0 Å². The van der Waals surface area contributed by atoms with Crippen LogP contribution < -0.4 is 10.5 Å². The maximum Gasteiger partial charge on any atom is 0.165 e. The van der Waals surface area contributed by atoms with E-state index in [1.54, 1.807) is 24.7 Å². The third kappa shape index (κ3) is 3.36. The lowest BCUT2D eigenvalue weighted by Gasteiger charge is -2.11. The van der Waals surface area contributed by atoms with Crippen LogP contribution in [0.5, 0.6) is 5.75 Å². The van der Waals surface area contributed by atoms with Crippen LogP contribution in [0.25, 0.3) is 0 Å². The van der Waals surface area contributed by atoms with Gasteiger partial charge >= 0.3 is 0 Å². The zero-order valence-corrected chi connectivity index (χ0v) is 11.8. The minimum atomic E-state index is -0.388. The number of rotatable bonds is 6. The predicted octanol–water partition coefficient (Wildman–Crippen LogP) is 3.03. The number of aryl methyl sites for hydroxylation is 1. The van der Waals surface area contributed by atoms with Crippen LogP contribution in [-0.4, -0.2) is 9.55 Å². The average molecular weight is 277 g/mol. The molecule has 0 radical (unpaired) electrons. The van der Waals surface area contributed by atoms with Crippen LogP contribution in [-0.2, 0) is 13.2 Å². The van der Waals surface area contributed by atoms with Crippen LogP contribution in [0.4, 0.5) is 4.39 Å². The Morgan fingerprint density at radius 2 is 2.25 bits per heavy atom. The molecule has 0 fully saturated rings. The summed E-state index contributed by atoms with van der Waals surface area (Å²) in [5, 5.41) is 0. The van der Waals surface area contributed by atoms with Crippen molar-refractivity contribution < 1.29 is 9.13 Å². The van der Waals surface area contributed by atoms with E-state index in [4.69, 9.17) is 10.5 Å². The molecule has 0 bridgehead atoms. The zero-order chi connectivity index (χ0) is 14.5. The number of benzene rings is 1. The minimum Gasteiger partial charge on any atom is -0.484 e. The summed E-state index contributed by atoms with van der Waals surface area (Å²) in [6, 6.07) is 4.63. The second kappa shape index (κ2) is 6.52. The van der Waals surface area contributed by atoms with Gasteiger partial charge in [-0.1, -0.05) is 13.0 Å². The summed E-state index contributed by atoms with van der Waals surface area (Å²) >= 11 is 0. The number of hydrogen-bond donors (Lipinski definition) is 1. The van der Waals surface area contributed by atoms with Crippen molar-refractivity contribution >= 4 is 0 Å². The largest absolute Gasteiger partial charge is 0.484 e. The SMILES string of the molecule is CCCn1cncc1COc1ccc([C@@H](C)N)cc1F. The molecule has 1 atom stereocenters. The Kier molecular flexibility index (Phi) is 4.74. The first kappa shape index (κ1) is 14.5. The highest BCUT2D eigenvalue weighted by molar-refractivity contribution is 5.30. The van der Waals surface area contributed by atoms with E-state index >= 15 is 0 Å². The zero-order valence-electron chi connectivity index (χ0n) is 11.8. The van der Waals surface area contributed by atoms with E-state index in [0.717, 1.165) is 24.2 Å². The molecule has 5 heteroatoms. The highest BCUT2D eigenvalue weighted by atomic mass is 19.1. The lowest BCUT2D eigenvalue weighted by molar-refractivity contribution is 0.280. The Morgan fingerprint density at radius 3 is 2.90 bits per heavy atom. The monoisotopic (exact) mass is 277 g/mol. The maximum absolute atomic E-state index is 13.9. The van der Waals surface area contributed by atoms with Crippen LogP contribution >= 0.6 is 0 Å². The lowest BCUT2D eigenvalue weighted by Crippen LogP contribution is -2.07. The van der Waals surface area contributed by atoms with E-state index < -0.39 is 0 Å². The fraction of sp³-hybridized carbons (Fsp3) is 0.400. The van der Waals surface area contributed by atoms with E-state index in [9.17, 15) is 4.39 Å². The van der Waals surface area contributed by atoms with Gasteiger partial charge in [-0.05, 0) is 31.0 Å². The van der Waals surface area contributed by atoms with Gasteiger partial charge in [-0.2, -0.15) is 0 Å². The molecule has 0 amide bonds. The molecule has 1 aromatic carbocycles. The fourth-order valence-corrected chi connectivity index (χ4v) is 1.98. The number of nitrogens with zero attached hydrogens (tertiary/aromatic N) is 2. The molecule has 0 saturated heterocycles.